The molecule has 156 valence electrons. The summed E-state index contributed by atoms with van der Waals surface area (Å²) in [5.41, 5.74) is 4.05. The van der Waals surface area contributed by atoms with E-state index in [0.29, 0.717) is 22.7 Å². The molecule has 3 aromatic rings. The maximum Gasteiger partial charge on any atom is 0.265 e. The fraction of sp³-hybridized carbons (Fsp3) is 0.250. The lowest BCUT2D eigenvalue weighted by Crippen LogP contribution is -2.35. The lowest BCUT2D eigenvalue weighted by molar-refractivity contribution is 0.0905. The third kappa shape index (κ3) is 5.55. The number of thiophene rings is 1. The van der Waals surface area contributed by atoms with Crippen molar-refractivity contribution in [2.45, 2.75) is 26.8 Å². The average molecular weight is 423 g/mol. The second kappa shape index (κ2) is 9.69. The molecule has 3 rings (SSSR count). The lowest BCUT2D eigenvalue weighted by Gasteiger charge is -2.15. The van der Waals surface area contributed by atoms with Gasteiger partial charge in [0.25, 0.3) is 11.8 Å². The second-order valence-corrected chi connectivity index (χ2v) is 8.65. The average Bonchev–Trinajstić information content (AvgIpc) is 3.15. The van der Waals surface area contributed by atoms with Crippen molar-refractivity contribution in [1.82, 2.24) is 5.32 Å². The Hall–Kier alpha value is -2.96. The normalized spacial score (nSPS) is 11.7. The Morgan fingerprint density at radius 2 is 1.70 bits per heavy atom. The summed E-state index contributed by atoms with van der Waals surface area (Å²) >= 11 is 1.44. The zero-order valence-electron chi connectivity index (χ0n) is 17.6. The van der Waals surface area contributed by atoms with Crippen LogP contribution in [0.1, 0.15) is 37.4 Å². The molecule has 1 atom stereocenters. The summed E-state index contributed by atoms with van der Waals surface area (Å²) in [7, 11) is 1.60. The van der Waals surface area contributed by atoms with Crippen molar-refractivity contribution in [2.75, 3.05) is 19.0 Å². The van der Waals surface area contributed by atoms with Crippen LogP contribution in [0.25, 0.3) is 11.1 Å². The van der Waals surface area contributed by atoms with E-state index in [1.807, 2.05) is 63.2 Å². The summed E-state index contributed by atoms with van der Waals surface area (Å²) in [4.78, 5) is 27.2. The quantitative estimate of drug-likeness (QED) is 0.560. The Morgan fingerprint density at radius 3 is 2.33 bits per heavy atom. The molecular weight excluding hydrogens is 396 g/mol. The zero-order valence-corrected chi connectivity index (χ0v) is 18.4. The van der Waals surface area contributed by atoms with Crippen LogP contribution < -0.4 is 10.6 Å². The van der Waals surface area contributed by atoms with E-state index in [1.54, 1.807) is 19.2 Å². The van der Waals surface area contributed by atoms with E-state index in [4.69, 9.17) is 4.74 Å². The number of hydrogen-bond donors (Lipinski definition) is 2. The van der Waals surface area contributed by atoms with Gasteiger partial charge in [0.15, 0.2) is 0 Å². The van der Waals surface area contributed by atoms with E-state index in [-0.39, 0.29) is 17.9 Å². The Kier molecular flexibility index (Phi) is 7.03. The van der Waals surface area contributed by atoms with Crippen LogP contribution in [0.4, 0.5) is 5.69 Å². The molecule has 0 saturated heterocycles. The van der Waals surface area contributed by atoms with Crippen molar-refractivity contribution in [3.8, 4) is 11.1 Å². The Bertz CT molecular complexity index is 1040. The van der Waals surface area contributed by atoms with Gasteiger partial charge in [-0.1, -0.05) is 29.8 Å². The molecule has 2 amide bonds. The van der Waals surface area contributed by atoms with Crippen LogP contribution >= 0.6 is 11.3 Å². The number of amides is 2. The number of carbonyl (C=O) groups is 2. The van der Waals surface area contributed by atoms with Crippen LogP contribution in [-0.2, 0) is 4.74 Å². The number of methoxy groups -OCH3 is 1. The van der Waals surface area contributed by atoms with E-state index in [2.05, 4.69) is 10.6 Å². The van der Waals surface area contributed by atoms with Gasteiger partial charge < -0.3 is 15.4 Å². The summed E-state index contributed by atoms with van der Waals surface area (Å²) in [5, 5.41) is 5.86. The summed E-state index contributed by atoms with van der Waals surface area (Å²) < 4.78 is 5.10. The number of carbonyl (C=O) groups excluding carboxylic acids is 2. The Balaban J connectivity index is 1.94. The Morgan fingerprint density at radius 1 is 0.967 bits per heavy atom. The molecule has 0 spiro atoms. The predicted octanol–water partition coefficient (Wildman–Crippen LogP) is 5.05. The highest BCUT2D eigenvalue weighted by atomic mass is 32.1. The molecular formula is C24H26N2O3S. The van der Waals surface area contributed by atoms with E-state index < -0.39 is 0 Å². The van der Waals surface area contributed by atoms with Gasteiger partial charge in [-0.15, -0.1) is 11.3 Å². The lowest BCUT2D eigenvalue weighted by atomic mass is 10.0. The number of benzene rings is 2. The maximum atomic E-state index is 12.8. The van der Waals surface area contributed by atoms with Gasteiger partial charge in [-0.05, 0) is 62.2 Å². The molecule has 2 aromatic carbocycles. The molecule has 1 unspecified atom stereocenters. The fourth-order valence-corrected chi connectivity index (χ4v) is 3.85. The molecule has 0 bridgehead atoms. The highest BCUT2D eigenvalue weighted by Crippen LogP contribution is 2.26. The minimum atomic E-state index is -0.212. The van der Waals surface area contributed by atoms with Gasteiger partial charge in [-0.25, -0.2) is 0 Å². The van der Waals surface area contributed by atoms with Gasteiger partial charge in [-0.3, -0.25) is 9.59 Å². The van der Waals surface area contributed by atoms with Crippen LogP contribution in [0, 0.1) is 13.8 Å². The van der Waals surface area contributed by atoms with Crippen molar-refractivity contribution in [3.05, 3.63) is 75.5 Å². The number of anilines is 1. The second-order valence-electron chi connectivity index (χ2n) is 7.36. The minimum absolute atomic E-state index is 0.127. The smallest absolute Gasteiger partial charge is 0.265 e. The van der Waals surface area contributed by atoms with Gasteiger partial charge in [0.2, 0.25) is 0 Å². The molecule has 2 N–H and O–H groups in total. The molecule has 0 aliphatic carbocycles. The topological polar surface area (TPSA) is 67.4 Å². The van der Waals surface area contributed by atoms with Crippen molar-refractivity contribution in [1.29, 1.82) is 0 Å². The monoisotopic (exact) mass is 422 g/mol. The van der Waals surface area contributed by atoms with Gasteiger partial charge in [0.05, 0.1) is 11.5 Å². The zero-order chi connectivity index (χ0) is 21.7. The van der Waals surface area contributed by atoms with Crippen molar-refractivity contribution in [3.63, 3.8) is 0 Å². The van der Waals surface area contributed by atoms with Crippen molar-refractivity contribution in [2.24, 2.45) is 0 Å². The van der Waals surface area contributed by atoms with E-state index in [9.17, 15) is 9.59 Å². The fourth-order valence-electron chi connectivity index (χ4n) is 3.09. The van der Waals surface area contributed by atoms with Crippen LogP contribution in [0.5, 0.6) is 0 Å². The summed E-state index contributed by atoms with van der Waals surface area (Å²) in [5.74, 6) is -0.399. The van der Waals surface area contributed by atoms with Crippen molar-refractivity contribution >= 4 is 28.8 Å². The van der Waals surface area contributed by atoms with E-state index in [0.717, 1.165) is 21.6 Å². The van der Waals surface area contributed by atoms with Crippen molar-refractivity contribution < 1.29 is 14.3 Å². The summed E-state index contributed by atoms with van der Waals surface area (Å²) in [6, 6.07) is 17.1. The van der Waals surface area contributed by atoms with E-state index in [1.165, 1.54) is 11.3 Å². The van der Waals surface area contributed by atoms with Gasteiger partial charge in [0.1, 0.15) is 0 Å². The van der Waals surface area contributed by atoms with E-state index >= 15 is 0 Å². The SMILES string of the molecule is COCC(C)NC(=O)c1cc(NC(=O)c2ccc(C)s2)cc(-c2ccc(C)cc2)c1. The molecule has 0 aliphatic heterocycles. The standard InChI is InChI=1S/C24H26N2O3S/c1-15-5-8-18(9-6-15)19-11-20(23(27)25-16(2)14-29-4)13-21(12-19)26-24(28)22-10-7-17(3)30-22/h5-13,16H,14H2,1-4H3,(H,25,27)(H,26,28). The molecule has 6 heteroatoms. The number of rotatable bonds is 7. The number of ether oxygens (including phenoxy) is 1. The molecule has 5 nitrogen and oxygen atoms in total. The van der Waals surface area contributed by atoms with Crippen LogP contribution in [-0.4, -0.2) is 31.6 Å². The van der Waals surface area contributed by atoms with Crippen LogP contribution in [0.3, 0.4) is 0 Å². The molecule has 0 saturated carbocycles. The molecule has 1 aromatic heterocycles. The summed E-state index contributed by atoms with van der Waals surface area (Å²) in [6.45, 7) is 6.29. The van der Waals surface area contributed by atoms with Gasteiger partial charge in [0, 0.05) is 29.3 Å². The first-order chi connectivity index (χ1) is 14.4. The van der Waals surface area contributed by atoms with Crippen LogP contribution in [0.2, 0.25) is 0 Å². The molecule has 0 radical (unpaired) electrons. The van der Waals surface area contributed by atoms with Crippen LogP contribution in [0.15, 0.2) is 54.6 Å². The minimum Gasteiger partial charge on any atom is -0.383 e. The Labute approximate surface area is 181 Å². The first kappa shape index (κ1) is 21.7. The third-order valence-corrected chi connectivity index (χ3v) is 5.60. The maximum absolute atomic E-state index is 12.8. The van der Waals surface area contributed by atoms with Gasteiger partial charge >= 0.3 is 0 Å². The summed E-state index contributed by atoms with van der Waals surface area (Å²) in [6.07, 6.45) is 0. The molecule has 30 heavy (non-hydrogen) atoms. The third-order valence-electron chi connectivity index (χ3n) is 4.60. The highest BCUT2D eigenvalue weighted by Gasteiger charge is 2.15. The van der Waals surface area contributed by atoms with Gasteiger partial charge in [-0.2, -0.15) is 0 Å². The molecule has 0 aliphatic rings. The number of aryl methyl sites for hydroxylation is 2. The largest absolute Gasteiger partial charge is 0.383 e. The number of nitrogens with one attached hydrogen (secondary N) is 2. The first-order valence-electron chi connectivity index (χ1n) is 9.75. The molecule has 1 heterocycles. The highest BCUT2D eigenvalue weighted by molar-refractivity contribution is 7.14. The number of hydrogen-bond acceptors (Lipinski definition) is 4. The first-order valence-corrected chi connectivity index (χ1v) is 10.6. The molecule has 0 fully saturated rings. The predicted molar refractivity (Wildman–Crippen MR) is 122 cm³/mol.